The Morgan fingerprint density at radius 3 is 2.81 bits per heavy atom. The normalized spacial score (nSPS) is 11.3. The quantitative estimate of drug-likeness (QED) is 0.781. The van der Waals surface area contributed by atoms with E-state index >= 15 is 0 Å². The zero-order valence-corrected chi connectivity index (χ0v) is 12.0. The van der Waals surface area contributed by atoms with Crippen LogP contribution in [0.4, 0.5) is 0 Å². The van der Waals surface area contributed by atoms with E-state index in [9.17, 15) is 0 Å². The number of hydrogen-bond acceptors (Lipinski definition) is 2. The lowest BCUT2D eigenvalue weighted by atomic mass is 10.2. The molecule has 3 nitrogen and oxygen atoms in total. The molecule has 1 aromatic rings. The zero-order chi connectivity index (χ0) is 12.0. The van der Waals surface area contributed by atoms with Crippen LogP contribution in [0.1, 0.15) is 45.3 Å². The van der Waals surface area contributed by atoms with Crippen LogP contribution in [0, 0.1) is 0 Å². The Morgan fingerprint density at radius 2 is 2.19 bits per heavy atom. The number of aromatic nitrogens is 2. The highest BCUT2D eigenvalue weighted by Crippen LogP contribution is 2.20. The second kappa shape index (κ2) is 7.07. The number of nitrogens with zero attached hydrogens (tertiary/aromatic N) is 2. The first-order chi connectivity index (χ1) is 7.66. The van der Waals surface area contributed by atoms with Gasteiger partial charge in [0.2, 0.25) is 0 Å². The fraction of sp³-hybridized carbons (Fsp3) is 0.750. The first-order valence-electron chi connectivity index (χ1n) is 6.09. The van der Waals surface area contributed by atoms with E-state index in [1.54, 1.807) is 0 Å². The second-order valence-electron chi connectivity index (χ2n) is 4.33. The van der Waals surface area contributed by atoms with Gasteiger partial charge in [-0.15, -0.1) is 0 Å². The summed E-state index contributed by atoms with van der Waals surface area (Å²) in [5.41, 5.74) is 1.31. The molecule has 1 N–H and O–H groups in total. The van der Waals surface area contributed by atoms with Crippen LogP contribution in [0.15, 0.2) is 10.7 Å². The van der Waals surface area contributed by atoms with Crippen LogP contribution in [-0.4, -0.2) is 22.9 Å². The van der Waals surface area contributed by atoms with E-state index in [4.69, 9.17) is 0 Å². The van der Waals surface area contributed by atoms with Crippen LogP contribution in [0.25, 0.3) is 0 Å². The van der Waals surface area contributed by atoms with Crippen molar-refractivity contribution in [3.63, 3.8) is 0 Å². The summed E-state index contributed by atoms with van der Waals surface area (Å²) in [5, 5.41) is 7.80. The summed E-state index contributed by atoms with van der Waals surface area (Å²) in [6, 6.07) is 0.435. The van der Waals surface area contributed by atoms with Crippen LogP contribution in [0.5, 0.6) is 0 Å². The predicted octanol–water partition coefficient (Wildman–Crippen LogP) is 3.16. The number of rotatable bonds is 7. The molecule has 0 aromatic carbocycles. The fourth-order valence-corrected chi connectivity index (χ4v) is 2.20. The smallest absolute Gasteiger partial charge is 0.0635 e. The summed E-state index contributed by atoms with van der Waals surface area (Å²) in [6.07, 6.45) is 5.34. The lowest BCUT2D eigenvalue weighted by molar-refractivity contribution is 0.501. The molecule has 0 aliphatic carbocycles. The molecule has 92 valence electrons. The first kappa shape index (κ1) is 13.7. The van der Waals surface area contributed by atoms with Crippen molar-refractivity contribution in [1.29, 1.82) is 0 Å². The Bertz CT molecular complexity index is 307. The molecule has 0 fully saturated rings. The second-order valence-corrected chi connectivity index (χ2v) is 5.19. The molecule has 4 heteroatoms. The lowest BCUT2D eigenvalue weighted by Gasteiger charge is -2.11. The van der Waals surface area contributed by atoms with Gasteiger partial charge in [0.25, 0.3) is 0 Å². The van der Waals surface area contributed by atoms with Crippen molar-refractivity contribution >= 4 is 15.9 Å². The monoisotopic (exact) mass is 287 g/mol. The summed E-state index contributed by atoms with van der Waals surface area (Å²) in [7, 11) is 0. The summed E-state index contributed by atoms with van der Waals surface area (Å²) >= 11 is 3.56. The Labute approximate surface area is 107 Å². The van der Waals surface area contributed by atoms with Crippen molar-refractivity contribution in [2.24, 2.45) is 0 Å². The standard InChI is InChI=1S/C12H22BrN3/c1-4-7-14-8-5-6-12-11(13)9-15-16(12)10(2)3/h9-10,14H,4-8H2,1-3H3. The Balaban J connectivity index is 2.43. The van der Waals surface area contributed by atoms with E-state index in [0.29, 0.717) is 6.04 Å². The van der Waals surface area contributed by atoms with Crippen molar-refractivity contribution in [1.82, 2.24) is 15.1 Å². The van der Waals surface area contributed by atoms with Crippen LogP contribution < -0.4 is 5.32 Å². The largest absolute Gasteiger partial charge is 0.317 e. The minimum atomic E-state index is 0.435. The summed E-state index contributed by atoms with van der Waals surface area (Å²) in [6.45, 7) is 8.72. The lowest BCUT2D eigenvalue weighted by Crippen LogP contribution is -2.17. The van der Waals surface area contributed by atoms with Gasteiger partial charge in [-0.05, 0) is 62.1 Å². The third kappa shape index (κ3) is 3.91. The molecule has 1 heterocycles. The van der Waals surface area contributed by atoms with E-state index in [0.717, 1.165) is 30.4 Å². The maximum atomic E-state index is 4.38. The average molecular weight is 288 g/mol. The van der Waals surface area contributed by atoms with Crippen LogP contribution >= 0.6 is 15.9 Å². The van der Waals surface area contributed by atoms with E-state index in [-0.39, 0.29) is 0 Å². The number of halogens is 1. The van der Waals surface area contributed by atoms with E-state index < -0.39 is 0 Å². The highest BCUT2D eigenvalue weighted by molar-refractivity contribution is 9.10. The summed E-state index contributed by atoms with van der Waals surface area (Å²) in [5.74, 6) is 0. The van der Waals surface area contributed by atoms with Crippen molar-refractivity contribution < 1.29 is 0 Å². The number of nitrogens with one attached hydrogen (secondary N) is 1. The van der Waals surface area contributed by atoms with Crippen molar-refractivity contribution in [3.05, 3.63) is 16.4 Å². The van der Waals surface area contributed by atoms with Gasteiger partial charge in [0.15, 0.2) is 0 Å². The van der Waals surface area contributed by atoms with Gasteiger partial charge < -0.3 is 5.32 Å². The predicted molar refractivity (Wildman–Crippen MR) is 71.8 cm³/mol. The molecule has 0 bridgehead atoms. The molecular weight excluding hydrogens is 266 g/mol. The fourth-order valence-electron chi connectivity index (χ4n) is 1.73. The molecule has 0 amide bonds. The molecule has 16 heavy (non-hydrogen) atoms. The molecule has 0 atom stereocenters. The van der Waals surface area contributed by atoms with Crippen LogP contribution in [-0.2, 0) is 6.42 Å². The molecule has 1 rings (SSSR count). The average Bonchev–Trinajstić information content (AvgIpc) is 2.60. The van der Waals surface area contributed by atoms with Crippen molar-refractivity contribution in [2.45, 2.75) is 46.1 Å². The molecule has 0 radical (unpaired) electrons. The van der Waals surface area contributed by atoms with Crippen molar-refractivity contribution in [2.75, 3.05) is 13.1 Å². The topological polar surface area (TPSA) is 29.9 Å². The van der Waals surface area contributed by atoms with E-state index in [2.05, 4.69) is 51.8 Å². The third-order valence-electron chi connectivity index (χ3n) is 2.53. The molecule has 0 saturated heterocycles. The highest BCUT2D eigenvalue weighted by Gasteiger charge is 2.10. The van der Waals surface area contributed by atoms with Crippen molar-refractivity contribution in [3.8, 4) is 0 Å². The van der Waals surface area contributed by atoms with Gasteiger partial charge in [-0.2, -0.15) is 5.10 Å². The van der Waals surface area contributed by atoms with Gasteiger partial charge in [0, 0.05) is 6.04 Å². The number of hydrogen-bond donors (Lipinski definition) is 1. The van der Waals surface area contributed by atoms with Gasteiger partial charge in [-0.1, -0.05) is 6.92 Å². The van der Waals surface area contributed by atoms with Gasteiger partial charge in [0.1, 0.15) is 0 Å². The van der Waals surface area contributed by atoms with Gasteiger partial charge in [-0.25, -0.2) is 0 Å². The maximum absolute atomic E-state index is 4.38. The highest BCUT2D eigenvalue weighted by atomic mass is 79.9. The maximum Gasteiger partial charge on any atom is 0.0635 e. The Hall–Kier alpha value is -0.350. The van der Waals surface area contributed by atoms with Crippen LogP contribution in [0.2, 0.25) is 0 Å². The molecule has 0 aliphatic heterocycles. The minimum absolute atomic E-state index is 0.435. The third-order valence-corrected chi connectivity index (χ3v) is 3.19. The van der Waals surface area contributed by atoms with E-state index in [1.165, 1.54) is 12.1 Å². The van der Waals surface area contributed by atoms with E-state index in [1.807, 2.05) is 6.20 Å². The molecule has 0 aliphatic rings. The Morgan fingerprint density at radius 1 is 1.44 bits per heavy atom. The SMILES string of the molecule is CCCNCCCc1c(Br)cnn1C(C)C. The Kier molecular flexibility index (Phi) is 6.06. The van der Waals surface area contributed by atoms with Gasteiger partial charge >= 0.3 is 0 Å². The molecule has 1 aromatic heterocycles. The molecular formula is C12H22BrN3. The molecule has 0 saturated carbocycles. The van der Waals surface area contributed by atoms with Crippen LogP contribution in [0.3, 0.4) is 0 Å². The van der Waals surface area contributed by atoms with Gasteiger partial charge in [0.05, 0.1) is 16.4 Å². The summed E-state index contributed by atoms with van der Waals surface area (Å²) < 4.78 is 3.24. The summed E-state index contributed by atoms with van der Waals surface area (Å²) in [4.78, 5) is 0. The molecule has 0 unspecified atom stereocenters. The molecule has 0 spiro atoms. The first-order valence-corrected chi connectivity index (χ1v) is 6.88. The minimum Gasteiger partial charge on any atom is -0.317 e. The zero-order valence-electron chi connectivity index (χ0n) is 10.5. The van der Waals surface area contributed by atoms with Gasteiger partial charge in [-0.3, -0.25) is 4.68 Å².